The number of nitriles is 1. The molecule has 1 saturated heterocycles. The molecule has 1 aromatic carbocycles. The summed E-state index contributed by atoms with van der Waals surface area (Å²) in [5.41, 5.74) is -0.274. The molecule has 7 heteroatoms. The van der Waals surface area contributed by atoms with Crippen LogP contribution in [0.4, 0.5) is 4.39 Å². The number of hydrogen-bond donors (Lipinski definition) is 2. The molecule has 0 amide bonds. The first-order chi connectivity index (χ1) is 9.53. The standard InChI is InChI=1S/C13H16FN3O2S/c14-13-5-4-12(7-10(13)8-15)20(18,19)17-9-11-3-1-2-6-16-11/h4-5,7,11,16-17H,1-3,6,9H2. The number of hydrogen-bond acceptors (Lipinski definition) is 4. The van der Waals surface area contributed by atoms with Gasteiger partial charge in [0, 0.05) is 12.6 Å². The van der Waals surface area contributed by atoms with Crippen molar-refractivity contribution >= 4 is 10.0 Å². The van der Waals surface area contributed by atoms with Gasteiger partial charge >= 0.3 is 0 Å². The SMILES string of the molecule is N#Cc1cc(S(=O)(=O)NCC2CCCCN2)ccc1F. The zero-order valence-electron chi connectivity index (χ0n) is 10.9. The van der Waals surface area contributed by atoms with Crippen LogP contribution in [0.25, 0.3) is 0 Å². The second kappa shape index (κ2) is 6.31. The predicted molar refractivity (Wildman–Crippen MR) is 71.9 cm³/mol. The molecule has 1 aromatic rings. The summed E-state index contributed by atoms with van der Waals surface area (Å²) in [6.45, 7) is 1.18. The van der Waals surface area contributed by atoms with E-state index in [1.54, 1.807) is 6.07 Å². The van der Waals surface area contributed by atoms with Crippen molar-refractivity contribution < 1.29 is 12.8 Å². The Labute approximate surface area is 117 Å². The summed E-state index contributed by atoms with van der Waals surface area (Å²) in [5, 5.41) is 12.0. The van der Waals surface area contributed by atoms with Crippen LogP contribution in [0.3, 0.4) is 0 Å². The molecule has 0 aliphatic carbocycles. The third-order valence-corrected chi connectivity index (χ3v) is 4.72. The third-order valence-electron chi connectivity index (χ3n) is 3.30. The molecule has 108 valence electrons. The Balaban J connectivity index is 2.08. The summed E-state index contributed by atoms with van der Waals surface area (Å²) >= 11 is 0. The first-order valence-corrected chi connectivity index (χ1v) is 7.94. The number of nitrogens with zero attached hydrogens (tertiary/aromatic N) is 1. The lowest BCUT2D eigenvalue weighted by Crippen LogP contribution is -2.43. The monoisotopic (exact) mass is 297 g/mol. The van der Waals surface area contributed by atoms with Gasteiger partial charge in [0.15, 0.2) is 0 Å². The van der Waals surface area contributed by atoms with Crippen molar-refractivity contribution in [2.24, 2.45) is 0 Å². The number of halogens is 1. The van der Waals surface area contributed by atoms with E-state index in [0.29, 0.717) is 6.54 Å². The average Bonchev–Trinajstić information content (AvgIpc) is 2.46. The molecule has 1 atom stereocenters. The minimum atomic E-state index is -3.72. The van der Waals surface area contributed by atoms with Gasteiger partial charge in [0.25, 0.3) is 0 Å². The lowest BCUT2D eigenvalue weighted by Gasteiger charge is -2.23. The van der Waals surface area contributed by atoms with Crippen molar-refractivity contribution in [2.45, 2.75) is 30.2 Å². The normalized spacial score (nSPS) is 19.5. The molecule has 5 nitrogen and oxygen atoms in total. The minimum absolute atomic E-state index is 0.0914. The van der Waals surface area contributed by atoms with Crippen LogP contribution in [0.1, 0.15) is 24.8 Å². The highest BCUT2D eigenvalue weighted by atomic mass is 32.2. The molecular formula is C13H16FN3O2S. The van der Waals surface area contributed by atoms with E-state index in [-0.39, 0.29) is 16.5 Å². The Morgan fingerprint density at radius 2 is 2.25 bits per heavy atom. The summed E-state index contributed by atoms with van der Waals surface area (Å²) in [4.78, 5) is -0.0914. The van der Waals surface area contributed by atoms with Gasteiger partial charge in [0.2, 0.25) is 10.0 Å². The number of sulfonamides is 1. The average molecular weight is 297 g/mol. The fourth-order valence-electron chi connectivity index (χ4n) is 2.15. The fourth-order valence-corrected chi connectivity index (χ4v) is 3.26. The van der Waals surface area contributed by atoms with Gasteiger partial charge in [0.1, 0.15) is 11.9 Å². The highest BCUT2D eigenvalue weighted by Gasteiger charge is 2.19. The Morgan fingerprint density at radius 3 is 2.90 bits per heavy atom. The van der Waals surface area contributed by atoms with E-state index in [1.807, 2.05) is 0 Å². The van der Waals surface area contributed by atoms with Crippen molar-refractivity contribution in [2.75, 3.05) is 13.1 Å². The maximum absolute atomic E-state index is 13.2. The summed E-state index contributed by atoms with van der Waals surface area (Å²) < 4.78 is 39.8. The maximum atomic E-state index is 13.2. The Bertz CT molecular complexity index is 619. The summed E-state index contributed by atoms with van der Waals surface area (Å²) in [7, 11) is -3.72. The summed E-state index contributed by atoms with van der Waals surface area (Å²) in [6, 6.07) is 4.95. The van der Waals surface area contributed by atoms with E-state index in [9.17, 15) is 12.8 Å². The van der Waals surface area contributed by atoms with Gasteiger partial charge in [-0.1, -0.05) is 6.42 Å². The van der Waals surface area contributed by atoms with Crippen LogP contribution in [0.5, 0.6) is 0 Å². The molecule has 2 N–H and O–H groups in total. The highest BCUT2D eigenvalue weighted by Crippen LogP contribution is 2.15. The molecule has 0 bridgehead atoms. The molecule has 2 rings (SSSR count). The van der Waals surface area contributed by atoms with Crippen molar-refractivity contribution in [3.05, 3.63) is 29.6 Å². The van der Waals surface area contributed by atoms with Crippen LogP contribution in [-0.4, -0.2) is 27.5 Å². The quantitative estimate of drug-likeness (QED) is 0.872. The first kappa shape index (κ1) is 14.9. The molecule has 1 unspecified atom stereocenters. The minimum Gasteiger partial charge on any atom is -0.313 e. The number of benzene rings is 1. The van der Waals surface area contributed by atoms with E-state index in [0.717, 1.165) is 44.0 Å². The van der Waals surface area contributed by atoms with E-state index >= 15 is 0 Å². The van der Waals surface area contributed by atoms with Crippen molar-refractivity contribution in [3.8, 4) is 6.07 Å². The molecule has 1 fully saturated rings. The van der Waals surface area contributed by atoms with Crippen LogP contribution in [-0.2, 0) is 10.0 Å². The van der Waals surface area contributed by atoms with E-state index < -0.39 is 15.8 Å². The Morgan fingerprint density at radius 1 is 1.45 bits per heavy atom. The number of piperidine rings is 1. The molecule has 0 spiro atoms. The molecule has 0 aromatic heterocycles. The van der Waals surface area contributed by atoms with Crippen molar-refractivity contribution in [1.29, 1.82) is 5.26 Å². The topological polar surface area (TPSA) is 82.0 Å². The lowest BCUT2D eigenvalue weighted by atomic mass is 10.1. The zero-order chi connectivity index (χ0) is 14.6. The van der Waals surface area contributed by atoms with Crippen LogP contribution < -0.4 is 10.0 Å². The first-order valence-electron chi connectivity index (χ1n) is 6.45. The molecule has 1 aliphatic heterocycles. The molecule has 1 aliphatic rings. The number of nitrogens with one attached hydrogen (secondary N) is 2. The van der Waals surface area contributed by atoms with Crippen LogP contribution in [0.2, 0.25) is 0 Å². The van der Waals surface area contributed by atoms with E-state index in [4.69, 9.17) is 5.26 Å². The van der Waals surface area contributed by atoms with Gasteiger partial charge in [-0.15, -0.1) is 0 Å². The van der Waals surface area contributed by atoms with Crippen LogP contribution in [0, 0.1) is 17.1 Å². The second-order valence-electron chi connectivity index (χ2n) is 4.75. The largest absolute Gasteiger partial charge is 0.313 e. The highest BCUT2D eigenvalue weighted by molar-refractivity contribution is 7.89. The van der Waals surface area contributed by atoms with Gasteiger partial charge in [0.05, 0.1) is 10.5 Å². The lowest BCUT2D eigenvalue weighted by molar-refractivity contribution is 0.398. The van der Waals surface area contributed by atoms with Crippen molar-refractivity contribution in [3.63, 3.8) is 0 Å². The predicted octanol–water partition coefficient (Wildman–Crippen LogP) is 1.12. The maximum Gasteiger partial charge on any atom is 0.240 e. The van der Waals surface area contributed by atoms with Gasteiger partial charge in [-0.05, 0) is 37.6 Å². The smallest absolute Gasteiger partial charge is 0.240 e. The van der Waals surface area contributed by atoms with E-state index in [1.165, 1.54) is 0 Å². The molecule has 0 radical (unpaired) electrons. The molecule has 20 heavy (non-hydrogen) atoms. The number of rotatable bonds is 4. The van der Waals surface area contributed by atoms with Crippen molar-refractivity contribution in [1.82, 2.24) is 10.0 Å². The van der Waals surface area contributed by atoms with Gasteiger partial charge in [-0.3, -0.25) is 0 Å². The van der Waals surface area contributed by atoms with Gasteiger partial charge < -0.3 is 5.32 Å². The van der Waals surface area contributed by atoms with Gasteiger partial charge in [-0.25, -0.2) is 17.5 Å². The van der Waals surface area contributed by atoms with Gasteiger partial charge in [-0.2, -0.15) is 5.26 Å². The molecule has 0 saturated carbocycles. The molecule has 1 heterocycles. The van der Waals surface area contributed by atoms with Crippen LogP contribution in [0.15, 0.2) is 23.1 Å². The summed E-state index contributed by atoms with van der Waals surface area (Å²) in [5.74, 6) is -0.722. The summed E-state index contributed by atoms with van der Waals surface area (Å²) in [6.07, 6.45) is 3.11. The Kier molecular flexibility index (Phi) is 4.70. The third kappa shape index (κ3) is 3.54. The van der Waals surface area contributed by atoms with Crippen LogP contribution >= 0.6 is 0 Å². The molecular weight excluding hydrogens is 281 g/mol. The van der Waals surface area contributed by atoms with E-state index in [2.05, 4.69) is 10.0 Å². The Hall–Kier alpha value is -1.49. The second-order valence-corrected chi connectivity index (χ2v) is 6.52. The zero-order valence-corrected chi connectivity index (χ0v) is 11.7. The fraction of sp³-hybridized carbons (Fsp3) is 0.462.